The molecule has 33 heavy (non-hydrogen) atoms. The molecule has 0 aliphatic carbocycles. The monoisotopic (exact) mass is 484 g/mol. The van der Waals surface area contributed by atoms with Gasteiger partial charge in [-0.25, -0.2) is 9.97 Å². The molecule has 2 heterocycles. The largest absolute Gasteiger partial charge is 0.368 e. The summed E-state index contributed by atoms with van der Waals surface area (Å²) in [6.45, 7) is 3.38. The van der Waals surface area contributed by atoms with Gasteiger partial charge in [0.25, 0.3) is 0 Å². The van der Waals surface area contributed by atoms with Crippen LogP contribution in [0.4, 0.5) is 11.6 Å². The lowest BCUT2D eigenvalue weighted by Gasteiger charge is -2.12. The molecule has 8 nitrogen and oxygen atoms in total. The van der Waals surface area contributed by atoms with Crippen molar-refractivity contribution in [3.8, 4) is 11.4 Å². The molecule has 0 atom stereocenters. The smallest absolute Gasteiger partial charge is 0.244 e. The van der Waals surface area contributed by atoms with E-state index in [2.05, 4.69) is 31.2 Å². The molecule has 10 heteroatoms. The third-order valence-electron chi connectivity index (χ3n) is 4.33. The van der Waals surface area contributed by atoms with Crippen molar-refractivity contribution in [2.75, 3.05) is 36.8 Å². The Bertz CT molecular complexity index is 1090. The molecule has 0 spiro atoms. The van der Waals surface area contributed by atoms with Crippen molar-refractivity contribution in [1.82, 2.24) is 20.6 Å². The van der Waals surface area contributed by atoms with Gasteiger partial charge in [-0.2, -0.15) is 11.3 Å². The number of carbonyl (C=O) groups is 2. The highest BCUT2D eigenvalue weighted by molar-refractivity contribution is 7.08. The number of amides is 2. The van der Waals surface area contributed by atoms with Gasteiger partial charge in [0.05, 0.1) is 0 Å². The average molecular weight is 485 g/mol. The fraction of sp³-hybridized carbons (Fsp3) is 0.217. The lowest BCUT2D eigenvalue weighted by atomic mass is 10.2. The predicted octanol–water partition coefficient (Wildman–Crippen LogP) is 3.65. The molecule has 2 amide bonds. The average Bonchev–Trinajstić information content (AvgIpc) is 3.32. The van der Waals surface area contributed by atoms with Gasteiger partial charge in [0.1, 0.15) is 11.6 Å². The van der Waals surface area contributed by atoms with Gasteiger partial charge < -0.3 is 21.3 Å². The second-order valence-electron chi connectivity index (χ2n) is 6.99. The molecule has 172 valence electrons. The number of rotatable bonds is 11. The summed E-state index contributed by atoms with van der Waals surface area (Å²) >= 11 is 7.58. The highest BCUT2D eigenvalue weighted by atomic mass is 35.5. The molecule has 0 bridgehead atoms. The Morgan fingerprint density at radius 3 is 2.24 bits per heavy atom. The zero-order valence-electron chi connectivity index (χ0n) is 18.1. The molecule has 0 saturated heterocycles. The first-order chi connectivity index (χ1) is 16.0. The van der Waals surface area contributed by atoms with Gasteiger partial charge in [0, 0.05) is 55.8 Å². The second kappa shape index (κ2) is 12.6. The van der Waals surface area contributed by atoms with Crippen molar-refractivity contribution in [2.24, 2.45) is 0 Å². The molecule has 0 aliphatic heterocycles. The first kappa shape index (κ1) is 24.2. The molecule has 2 aromatic heterocycles. The highest BCUT2D eigenvalue weighted by Crippen LogP contribution is 2.22. The summed E-state index contributed by atoms with van der Waals surface area (Å²) in [5, 5.41) is 16.5. The quantitative estimate of drug-likeness (QED) is 0.244. The number of hydrogen-bond donors (Lipinski definition) is 4. The van der Waals surface area contributed by atoms with Crippen LogP contribution in [0.15, 0.2) is 53.2 Å². The van der Waals surface area contributed by atoms with Crippen LogP contribution >= 0.6 is 22.9 Å². The number of anilines is 2. The van der Waals surface area contributed by atoms with E-state index in [1.807, 2.05) is 29.0 Å². The van der Waals surface area contributed by atoms with Crippen LogP contribution in [0.1, 0.15) is 12.5 Å². The van der Waals surface area contributed by atoms with E-state index in [-0.39, 0.29) is 11.8 Å². The van der Waals surface area contributed by atoms with Crippen LogP contribution in [0.2, 0.25) is 5.02 Å². The molecule has 3 rings (SSSR count). The van der Waals surface area contributed by atoms with Gasteiger partial charge in [-0.15, -0.1) is 0 Å². The molecule has 4 N–H and O–H groups in total. The van der Waals surface area contributed by atoms with Crippen LogP contribution in [0, 0.1) is 0 Å². The lowest BCUT2D eigenvalue weighted by Crippen LogP contribution is -2.27. The molecule has 0 radical (unpaired) electrons. The topological polar surface area (TPSA) is 108 Å². The number of thiophene rings is 1. The van der Waals surface area contributed by atoms with E-state index in [1.54, 1.807) is 35.6 Å². The lowest BCUT2D eigenvalue weighted by molar-refractivity contribution is -0.119. The van der Waals surface area contributed by atoms with Crippen LogP contribution in [-0.2, 0) is 9.59 Å². The summed E-state index contributed by atoms with van der Waals surface area (Å²) < 4.78 is 0. The van der Waals surface area contributed by atoms with Gasteiger partial charge in [0.2, 0.25) is 11.8 Å². The Hall–Kier alpha value is -3.43. The number of carbonyl (C=O) groups excluding carboxylic acids is 2. The second-order valence-corrected chi connectivity index (χ2v) is 8.20. The van der Waals surface area contributed by atoms with Crippen molar-refractivity contribution in [2.45, 2.75) is 6.92 Å². The first-order valence-electron chi connectivity index (χ1n) is 10.3. The third-order valence-corrected chi connectivity index (χ3v) is 5.29. The summed E-state index contributed by atoms with van der Waals surface area (Å²) in [5.41, 5.74) is 1.82. The van der Waals surface area contributed by atoms with E-state index < -0.39 is 0 Å². The molecule has 0 fully saturated rings. The maximum absolute atomic E-state index is 12.0. The van der Waals surface area contributed by atoms with Crippen molar-refractivity contribution in [1.29, 1.82) is 0 Å². The number of aromatic nitrogens is 2. The van der Waals surface area contributed by atoms with Crippen LogP contribution in [0.5, 0.6) is 0 Å². The Kier molecular flexibility index (Phi) is 9.22. The molecule has 1 aromatic carbocycles. The maximum atomic E-state index is 12.0. The molecule has 0 saturated carbocycles. The van der Waals surface area contributed by atoms with Crippen LogP contribution < -0.4 is 21.3 Å². The molecule has 3 aromatic rings. The number of hydrogen-bond acceptors (Lipinski definition) is 7. The number of nitrogens with zero attached hydrogens (tertiary/aromatic N) is 2. The summed E-state index contributed by atoms with van der Waals surface area (Å²) in [5.74, 6) is 1.51. The van der Waals surface area contributed by atoms with Crippen molar-refractivity contribution in [3.05, 3.63) is 63.8 Å². The van der Waals surface area contributed by atoms with Crippen molar-refractivity contribution >= 4 is 52.5 Å². The van der Waals surface area contributed by atoms with Crippen LogP contribution in [0.3, 0.4) is 0 Å². The van der Waals surface area contributed by atoms with Gasteiger partial charge in [-0.3, -0.25) is 9.59 Å². The van der Waals surface area contributed by atoms with E-state index in [1.165, 1.54) is 13.0 Å². The van der Waals surface area contributed by atoms with Gasteiger partial charge >= 0.3 is 0 Å². The fourth-order valence-electron chi connectivity index (χ4n) is 2.76. The third kappa shape index (κ3) is 8.55. The Balaban J connectivity index is 1.59. The number of nitrogens with one attached hydrogen (secondary N) is 4. The Morgan fingerprint density at radius 2 is 1.64 bits per heavy atom. The van der Waals surface area contributed by atoms with E-state index >= 15 is 0 Å². The zero-order valence-corrected chi connectivity index (χ0v) is 19.7. The minimum Gasteiger partial charge on any atom is -0.368 e. The SMILES string of the molecule is CC(=O)NCCNc1cc(NCCNC(=O)C=Cc2ccsc2)nc(-c2ccc(Cl)cc2)n1. The summed E-state index contributed by atoms with van der Waals surface area (Å²) in [4.78, 5) is 32.2. The maximum Gasteiger partial charge on any atom is 0.244 e. The van der Waals surface area contributed by atoms with Crippen molar-refractivity contribution < 1.29 is 9.59 Å². The molecular weight excluding hydrogens is 460 g/mol. The molecule has 0 aliphatic rings. The minimum atomic E-state index is -0.159. The van der Waals surface area contributed by atoms with Gasteiger partial charge in [-0.1, -0.05) is 11.6 Å². The number of halogens is 1. The van der Waals surface area contributed by atoms with Gasteiger partial charge in [-0.05, 0) is 52.7 Å². The standard InChI is InChI=1S/C23H25ClN6O2S/c1-16(31)25-9-10-26-20-14-21(30-23(29-20)18-3-5-19(24)6-4-18)27-11-12-28-22(32)7-2-17-8-13-33-15-17/h2-8,13-15H,9-12H2,1H3,(H,25,31)(H,28,32)(H2,26,27,29,30). The summed E-state index contributed by atoms with van der Waals surface area (Å²) in [7, 11) is 0. The predicted molar refractivity (Wildman–Crippen MR) is 135 cm³/mol. The minimum absolute atomic E-state index is 0.0871. The van der Waals surface area contributed by atoms with Gasteiger partial charge in [0.15, 0.2) is 5.82 Å². The van der Waals surface area contributed by atoms with E-state index in [0.717, 1.165) is 11.1 Å². The number of benzene rings is 1. The zero-order chi connectivity index (χ0) is 23.5. The first-order valence-corrected chi connectivity index (χ1v) is 11.7. The van der Waals surface area contributed by atoms with E-state index in [0.29, 0.717) is 48.7 Å². The van der Waals surface area contributed by atoms with Crippen molar-refractivity contribution in [3.63, 3.8) is 0 Å². The van der Waals surface area contributed by atoms with Crippen LogP contribution in [0.25, 0.3) is 17.5 Å². The molecule has 0 unspecified atom stereocenters. The van der Waals surface area contributed by atoms with E-state index in [4.69, 9.17) is 11.6 Å². The summed E-state index contributed by atoms with van der Waals surface area (Å²) in [6, 6.07) is 11.0. The molecular formula is C23H25ClN6O2S. The Labute approximate surface area is 201 Å². The van der Waals surface area contributed by atoms with E-state index in [9.17, 15) is 9.59 Å². The fourth-order valence-corrected chi connectivity index (χ4v) is 3.52. The van der Waals surface area contributed by atoms with Crippen LogP contribution in [-0.4, -0.2) is 48.0 Å². The normalized spacial score (nSPS) is 10.7. The summed E-state index contributed by atoms with van der Waals surface area (Å²) in [6.07, 6.45) is 3.30. The Morgan fingerprint density at radius 1 is 0.970 bits per heavy atom. The highest BCUT2D eigenvalue weighted by Gasteiger charge is 2.08.